The minimum Gasteiger partial charge on any atom is -0.346 e. The highest BCUT2D eigenvalue weighted by atomic mass is 16.2. The van der Waals surface area contributed by atoms with Crippen LogP contribution in [0.1, 0.15) is 58.6 Å². The number of nitrogens with zero attached hydrogens (tertiary/aromatic N) is 2. The van der Waals surface area contributed by atoms with Crippen molar-refractivity contribution in [1.82, 2.24) is 14.9 Å². The number of fused-ring (bicyclic) bond motifs is 1. The summed E-state index contributed by atoms with van der Waals surface area (Å²) >= 11 is 0. The molecule has 3 aromatic rings. The first-order valence-corrected chi connectivity index (χ1v) is 10.3. The van der Waals surface area contributed by atoms with Gasteiger partial charge in [-0.3, -0.25) is 9.59 Å². The van der Waals surface area contributed by atoms with E-state index in [0.29, 0.717) is 5.92 Å². The number of pyridine rings is 1. The van der Waals surface area contributed by atoms with Gasteiger partial charge in [-0.15, -0.1) is 0 Å². The van der Waals surface area contributed by atoms with Crippen LogP contribution in [0, 0.1) is 13.8 Å². The lowest BCUT2D eigenvalue weighted by Crippen LogP contribution is -2.38. The van der Waals surface area contributed by atoms with Crippen molar-refractivity contribution in [2.24, 2.45) is 0 Å². The van der Waals surface area contributed by atoms with E-state index in [1.807, 2.05) is 43.0 Å². The Bertz CT molecular complexity index is 1050. The van der Waals surface area contributed by atoms with Gasteiger partial charge in [0, 0.05) is 49.3 Å². The van der Waals surface area contributed by atoms with Gasteiger partial charge in [0.1, 0.15) is 5.65 Å². The smallest absolute Gasteiger partial charge is 0.223 e. The maximum absolute atomic E-state index is 12.6. The molecule has 1 aromatic carbocycles. The number of aromatic amines is 1. The van der Waals surface area contributed by atoms with Crippen LogP contribution in [0.3, 0.4) is 0 Å². The number of nitrogens with one attached hydrogen (secondary N) is 1. The monoisotopic (exact) mass is 389 g/mol. The Balaban J connectivity index is 1.32. The van der Waals surface area contributed by atoms with Gasteiger partial charge in [0.05, 0.1) is 0 Å². The van der Waals surface area contributed by atoms with Crippen LogP contribution in [0.5, 0.6) is 0 Å². The fourth-order valence-corrected chi connectivity index (χ4v) is 4.30. The summed E-state index contributed by atoms with van der Waals surface area (Å²) in [5.41, 5.74) is 5.00. The number of hydrogen-bond acceptors (Lipinski definition) is 3. The molecule has 1 N–H and O–H groups in total. The molecule has 1 aliphatic heterocycles. The summed E-state index contributed by atoms with van der Waals surface area (Å²) in [4.78, 5) is 34.7. The van der Waals surface area contributed by atoms with E-state index in [9.17, 15) is 9.59 Å². The first-order valence-electron chi connectivity index (χ1n) is 10.3. The molecule has 0 saturated carbocycles. The fraction of sp³-hybridized carbons (Fsp3) is 0.375. The first-order chi connectivity index (χ1) is 14.0. The number of carbonyl (C=O) groups is 2. The molecule has 5 heteroatoms. The van der Waals surface area contributed by atoms with Crippen LogP contribution < -0.4 is 0 Å². The highest BCUT2D eigenvalue weighted by molar-refractivity contribution is 5.99. The van der Waals surface area contributed by atoms with Gasteiger partial charge in [-0.25, -0.2) is 4.98 Å². The lowest BCUT2D eigenvalue weighted by Gasteiger charge is -2.32. The Morgan fingerprint density at radius 1 is 1.14 bits per heavy atom. The van der Waals surface area contributed by atoms with Crippen molar-refractivity contribution in [2.75, 3.05) is 13.1 Å². The molecular weight excluding hydrogens is 362 g/mol. The topological polar surface area (TPSA) is 66.1 Å². The summed E-state index contributed by atoms with van der Waals surface area (Å²) in [5.74, 6) is 0.581. The van der Waals surface area contributed by atoms with Crippen molar-refractivity contribution in [3.05, 3.63) is 65.0 Å². The van der Waals surface area contributed by atoms with Crippen molar-refractivity contribution >= 4 is 22.7 Å². The van der Waals surface area contributed by atoms with Crippen molar-refractivity contribution in [2.45, 2.75) is 45.4 Å². The number of aryl methyl sites for hydroxylation is 2. The van der Waals surface area contributed by atoms with Crippen LogP contribution in [0.25, 0.3) is 11.0 Å². The third-order valence-corrected chi connectivity index (χ3v) is 6.03. The van der Waals surface area contributed by atoms with Crippen molar-refractivity contribution in [3.63, 3.8) is 0 Å². The van der Waals surface area contributed by atoms with Gasteiger partial charge in [0.15, 0.2) is 5.78 Å². The van der Waals surface area contributed by atoms with Gasteiger partial charge in [0.25, 0.3) is 0 Å². The number of ketones is 1. The average Bonchev–Trinajstić information content (AvgIpc) is 3.18. The Morgan fingerprint density at radius 2 is 1.93 bits per heavy atom. The normalized spacial score (nSPS) is 15.0. The molecule has 1 aliphatic rings. The maximum Gasteiger partial charge on any atom is 0.223 e. The Labute approximate surface area is 171 Å². The number of likely N-dealkylation sites (tertiary alicyclic amines) is 1. The molecule has 1 fully saturated rings. The molecule has 0 aliphatic carbocycles. The van der Waals surface area contributed by atoms with Gasteiger partial charge in [0.2, 0.25) is 5.91 Å². The summed E-state index contributed by atoms with van der Waals surface area (Å²) in [7, 11) is 0. The van der Waals surface area contributed by atoms with Crippen LogP contribution in [0.4, 0.5) is 0 Å². The second-order valence-electron chi connectivity index (χ2n) is 8.04. The summed E-state index contributed by atoms with van der Waals surface area (Å²) < 4.78 is 0. The molecule has 1 saturated heterocycles. The van der Waals surface area contributed by atoms with Crippen molar-refractivity contribution in [3.8, 4) is 0 Å². The molecule has 0 atom stereocenters. The van der Waals surface area contributed by atoms with Gasteiger partial charge < -0.3 is 9.88 Å². The summed E-state index contributed by atoms with van der Waals surface area (Å²) in [5, 5.41) is 1.18. The number of carbonyl (C=O) groups excluding carboxylic acids is 2. The quantitative estimate of drug-likeness (QED) is 0.651. The molecule has 0 radical (unpaired) electrons. The number of hydrogen-bond donors (Lipinski definition) is 1. The first kappa shape index (κ1) is 19.4. The van der Waals surface area contributed by atoms with E-state index in [2.05, 4.69) is 22.2 Å². The minimum absolute atomic E-state index is 0.0562. The van der Waals surface area contributed by atoms with Crippen LogP contribution in [-0.2, 0) is 4.79 Å². The molecule has 5 nitrogen and oxygen atoms in total. The Kier molecular flexibility index (Phi) is 5.47. The van der Waals surface area contributed by atoms with Gasteiger partial charge >= 0.3 is 0 Å². The third kappa shape index (κ3) is 4.09. The summed E-state index contributed by atoms with van der Waals surface area (Å²) in [6.07, 6.45) is 6.30. The zero-order chi connectivity index (χ0) is 20.4. The highest BCUT2D eigenvalue weighted by Crippen LogP contribution is 2.32. The van der Waals surface area contributed by atoms with Gasteiger partial charge in [-0.05, 0) is 61.9 Å². The lowest BCUT2D eigenvalue weighted by molar-refractivity contribution is -0.132. The Hall–Kier alpha value is -2.95. The van der Waals surface area contributed by atoms with Crippen molar-refractivity contribution < 1.29 is 9.59 Å². The van der Waals surface area contributed by atoms with Crippen LogP contribution >= 0.6 is 0 Å². The number of H-pyrrole nitrogens is 1. The van der Waals surface area contributed by atoms with E-state index in [4.69, 9.17) is 0 Å². The summed E-state index contributed by atoms with van der Waals surface area (Å²) in [6, 6.07) is 9.96. The van der Waals surface area contributed by atoms with Gasteiger partial charge in [-0.2, -0.15) is 0 Å². The third-order valence-electron chi connectivity index (χ3n) is 6.03. The molecular formula is C24H27N3O2. The number of aromatic nitrogens is 2. The van der Waals surface area contributed by atoms with E-state index in [1.54, 1.807) is 6.20 Å². The minimum atomic E-state index is 0.0562. The number of benzene rings is 1. The lowest BCUT2D eigenvalue weighted by atomic mass is 9.89. The number of rotatable bonds is 5. The molecule has 150 valence electrons. The second kappa shape index (κ2) is 8.19. The van der Waals surface area contributed by atoms with Crippen LogP contribution in [0.15, 0.2) is 42.7 Å². The average molecular weight is 389 g/mol. The van der Waals surface area contributed by atoms with Crippen LogP contribution in [-0.4, -0.2) is 39.6 Å². The molecule has 29 heavy (non-hydrogen) atoms. The predicted molar refractivity (Wildman–Crippen MR) is 114 cm³/mol. The second-order valence-corrected chi connectivity index (χ2v) is 8.04. The van der Waals surface area contributed by atoms with E-state index in [-0.39, 0.29) is 24.5 Å². The summed E-state index contributed by atoms with van der Waals surface area (Å²) in [6.45, 7) is 5.41. The molecule has 0 bridgehead atoms. The predicted octanol–water partition coefficient (Wildman–Crippen LogP) is 4.55. The van der Waals surface area contributed by atoms with Crippen LogP contribution in [0.2, 0.25) is 0 Å². The van der Waals surface area contributed by atoms with Crippen molar-refractivity contribution in [1.29, 1.82) is 0 Å². The molecule has 3 heterocycles. The molecule has 0 spiro atoms. The zero-order valence-electron chi connectivity index (χ0n) is 17.1. The molecule has 2 aromatic heterocycles. The van der Waals surface area contributed by atoms with E-state index < -0.39 is 0 Å². The maximum atomic E-state index is 12.6. The van der Waals surface area contributed by atoms with E-state index in [1.165, 1.54) is 10.9 Å². The Morgan fingerprint density at radius 3 is 2.72 bits per heavy atom. The van der Waals surface area contributed by atoms with E-state index in [0.717, 1.165) is 48.3 Å². The molecule has 0 unspecified atom stereocenters. The molecule has 4 rings (SSSR count). The zero-order valence-corrected chi connectivity index (χ0v) is 17.1. The van der Waals surface area contributed by atoms with E-state index >= 15 is 0 Å². The fourth-order valence-electron chi connectivity index (χ4n) is 4.30. The highest BCUT2D eigenvalue weighted by Gasteiger charge is 2.26. The number of amides is 1. The molecule has 1 amide bonds. The van der Waals surface area contributed by atoms with Gasteiger partial charge in [-0.1, -0.05) is 17.7 Å². The largest absolute Gasteiger partial charge is 0.346 e. The standard InChI is InChI=1S/C24H27N3O2/c1-16-5-6-17(2)20(14-16)22(28)7-8-23(29)27-12-9-18(10-13-27)21-15-26-24-19(21)4-3-11-25-24/h3-6,11,14-15,18H,7-10,12-13H2,1-2H3,(H,25,26). The number of piperidine rings is 1. The number of Topliss-reactive ketones (excluding diaryl/α,β-unsaturated/α-hetero) is 1. The SMILES string of the molecule is Cc1ccc(C)c(C(=O)CCC(=O)N2CCC(c3c[nH]c4ncccc34)CC2)c1.